The van der Waals surface area contributed by atoms with Crippen LogP contribution < -0.4 is 5.73 Å². The molecule has 0 aliphatic carbocycles. The molecule has 0 aliphatic rings. The Morgan fingerprint density at radius 1 is 1.62 bits per heavy atom. The summed E-state index contributed by atoms with van der Waals surface area (Å²) in [6, 6.07) is 0.282. The first-order valence-electron chi connectivity index (χ1n) is 4.33. The fourth-order valence-corrected chi connectivity index (χ4v) is 1.18. The first-order chi connectivity index (χ1) is 6.16. The Morgan fingerprint density at radius 3 is 2.77 bits per heavy atom. The van der Waals surface area contributed by atoms with Crippen LogP contribution in [0, 0.1) is 6.92 Å². The molecule has 0 saturated carbocycles. The van der Waals surface area contributed by atoms with E-state index in [1.807, 2.05) is 11.6 Å². The first kappa shape index (κ1) is 9.98. The Hall–Kier alpha value is -1.10. The third-order valence-corrected chi connectivity index (χ3v) is 2.12. The summed E-state index contributed by atoms with van der Waals surface area (Å²) in [5.41, 5.74) is 6.50. The molecule has 1 atom stereocenters. The molecule has 74 valence electrons. The topological polar surface area (TPSA) is 66.0 Å². The molecular formula is C8H16N4O. The fraction of sp³-hybridized carbons (Fsp3) is 0.750. The second-order valence-corrected chi connectivity index (χ2v) is 3.14. The van der Waals surface area contributed by atoms with Gasteiger partial charge in [0, 0.05) is 13.7 Å². The van der Waals surface area contributed by atoms with Crippen molar-refractivity contribution in [3.8, 4) is 0 Å². The van der Waals surface area contributed by atoms with Crippen LogP contribution in [0.5, 0.6) is 0 Å². The number of hydrogen-bond donors (Lipinski definition) is 1. The third kappa shape index (κ3) is 2.18. The minimum Gasteiger partial charge on any atom is -0.385 e. The van der Waals surface area contributed by atoms with Crippen molar-refractivity contribution in [3.63, 3.8) is 0 Å². The molecule has 0 aliphatic heterocycles. The second kappa shape index (κ2) is 4.23. The lowest BCUT2D eigenvalue weighted by Gasteiger charge is -2.11. The van der Waals surface area contributed by atoms with E-state index in [-0.39, 0.29) is 6.04 Å². The number of rotatable bonds is 4. The predicted octanol–water partition coefficient (Wildman–Crippen LogP) is 0.766. The van der Waals surface area contributed by atoms with Crippen molar-refractivity contribution in [2.75, 3.05) is 19.5 Å². The number of methoxy groups -OCH3 is 1. The van der Waals surface area contributed by atoms with Gasteiger partial charge in [0.05, 0.1) is 11.7 Å². The van der Waals surface area contributed by atoms with Crippen LogP contribution in [0.3, 0.4) is 0 Å². The Labute approximate surface area is 77.9 Å². The molecule has 2 N–H and O–H groups in total. The number of nitrogens with zero attached hydrogens (tertiary/aromatic N) is 3. The Balaban J connectivity index is 2.65. The average molecular weight is 184 g/mol. The highest BCUT2D eigenvalue weighted by Crippen LogP contribution is 2.14. The SMILES string of the molecule is COCCC(C)n1nnc(N)c1C. The van der Waals surface area contributed by atoms with Gasteiger partial charge in [-0.3, -0.25) is 0 Å². The summed E-state index contributed by atoms with van der Waals surface area (Å²) in [5, 5.41) is 7.75. The molecule has 13 heavy (non-hydrogen) atoms. The summed E-state index contributed by atoms with van der Waals surface area (Å²) in [4.78, 5) is 0. The summed E-state index contributed by atoms with van der Waals surface area (Å²) < 4.78 is 6.82. The van der Waals surface area contributed by atoms with Crippen molar-refractivity contribution < 1.29 is 4.74 Å². The van der Waals surface area contributed by atoms with Crippen molar-refractivity contribution in [2.45, 2.75) is 26.3 Å². The largest absolute Gasteiger partial charge is 0.385 e. The van der Waals surface area contributed by atoms with Crippen LogP contribution in [0.25, 0.3) is 0 Å². The molecule has 0 saturated heterocycles. The summed E-state index contributed by atoms with van der Waals surface area (Å²) >= 11 is 0. The van der Waals surface area contributed by atoms with E-state index in [1.165, 1.54) is 0 Å². The van der Waals surface area contributed by atoms with Gasteiger partial charge in [0.15, 0.2) is 5.82 Å². The van der Waals surface area contributed by atoms with Crippen molar-refractivity contribution in [1.82, 2.24) is 15.0 Å². The zero-order chi connectivity index (χ0) is 9.84. The summed E-state index contributed by atoms with van der Waals surface area (Å²) in [6.07, 6.45) is 0.917. The molecule has 0 fully saturated rings. The fourth-order valence-electron chi connectivity index (χ4n) is 1.18. The van der Waals surface area contributed by atoms with Gasteiger partial charge in [-0.2, -0.15) is 0 Å². The molecule has 0 bridgehead atoms. The molecule has 0 amide bonds. The zero-order valence-electron chi connectivity index (χ0n) is 8.32. The van der Waals surface area contributed by atoms with Crippen LogP contribution in [-0.2, 0) is 4.74 Å². The molecular weight excluding hydrogens is 168 g/mol. The Kier molecular flexibility index (Phi) is 3.25. The first-order valence-corrected chi connectivity index (χ1v) is 4.33. The predicted molar refractivity (Wildman–Crippen MR) is 50.4 cm³/mol. The van der Waals surface area contributed by atoms with E-state index in [0.717, 1.165) is 18.7 Å². The Morgan fingerprint density at radius 2 is 2.31 bits per heavy atom. The van der Waals surface area contributed by atoms with Crippen LogP contribution >= 0.6 is 0 Å². The minimum absolute atomic E-state index is 0.282. The number of aromatic nitrogens is 3. The standard InChI is InChI=1S/C8H16N4O/c1-6(4-5-13-3)12-7(2)8(9)10-11-12/h6H,4-5,9H2,1-3H3. The molecule has 0 radical (unpaired) electrons. The van der Waals surface area contributed by atoms with E-state index in [4.69, 9.17) is 10.5 Å². The van der Waals surface area contributed by atoms with Gasteiger partial charge in [-0.1, -0.05) is 5.21 Å². The molecule has 1 rings (SSSR count). The van der Waals surface area contributed by atoms with Gasteiger partial charge in [0.1, 0.15) is 0 Å². The van der Waals surface area contributed by atoms with E-state index in [9.17, 15) is 0 Å². The number of hydrogen-bond acceptors (Lipinski definition) is 4. The van der Waals surface area contributed by atoms with Gasteiger partial charge < -0.3 is 10.5 Å². The smallest absolute Gasteiger partial charge is 0.168 e. The van der Waals surface area contributed by atoms with Gasteiger partial charge in [-0.25, -0.2) is 4.68 Å². The number of nitrogens with two attached hydrogens (primary N) is 1. The summed E-state index contributed by atoms with van der Waals surface area (Å²) in [5.74, 6) is 0.504. The van der Waals surface area contributed by atoms with Crippen LogP contribution in [-0.4, -0.2) is 28.7 Å². The van der Waals surface area contributed by atoms with Gasteiger partial charge >= 0.3 is 0 Å². The molecule has 0 aromatic carbocycles. The van der Waals surface area contributed by atoms with E-state index >= 15 is 0 Å². The van der Waals surface area contributed by atoms with Gasteiger partial charge in [-0.05, 0) is 20.3 Å². The molecule has 1 unspecified atom stereocenters. The summed E-state index contributed by atoms with van der Waals surface area (Å²) in [7, 11) is 1.69. The van der Waals surface area contributed by atoms with Crippen LogP contribution in [0.4, 0.5) is 5.82 Å². The number of ether oxygens (including phenoxy) is 1. The van der Waals surface area contributed by atoms with E-state index in [1.54, 1.807) is 7.11 Å². The van der Waals surface area contributed by atoms with Gasteiger partial charge in [0.2, 0.25) is 0 Å². The highest BCUT2D eigenvalue weighted by Gasteiger charge is 2.10. The highest BCUT2D eigenvalue weighted by molar-refractivity contribution is 5.31. The molecule has 1 aromatic rings. The molecule has 1 aromatic heterocycles. The van der Waals surface area contributed by atoms with Gasteiger partial charge in [-0.15, -0.1) is 5.10 Å². The minimum atomic E-state index is 0.282. The summed E-state index contributed by atoms with van der Waals surface area (Å²) in [6.45, 7) is 4.71. The quantitative estimate of drug-likeness (QED) is 0.750. The zero-order valence-corrected chi connectivity index (χ0v) is 8.32. The monoisotopic (exact) mass is 184 g/mol. The van der Waals surface area contributed by atoms with Crippen LogP contribution in [0.2, 0.25) is 0 Å². The maximum absolute atomic E-state index is 5.58. The van der Waals surface area contributed by atoms with Crippen LogP contribution in [0.1, 0.15) is 25.1 Å². The maximum atomic E-state index is 5.58. The lowest BCUT2D eigenvalue weighted by atomic mass is 10.2. The number of nitrogen functional groups attached to an aromatic ring is 1. The van der Waals surface area contributed by atoms with Crippen molar-refractivity contribution in [3.05, 3.63) is 5.69 Å². The van der Waals surface area contributed by atoms with Gasteiger partial charge in [0.25, 0.3) is 0 Å². The highest BCUT2D eigenvalue weighted by atomic mass is 16.5. The Bertz CT molecular complexity index is 271. The maximum Gasteiger partial charge on any atom is 0.168 e. The third-order valence-electron chi connectivity index (χ3n) is 2.12. The van der Waals surface area contributed by atoms with Crippen molar-refractivity contribution >= 4 is 5.82 Å². The average Bonchev–Trinajstić information content (AvgIpc) is 2.44. The molecule has 0 spiro atoms. The van der Waals surface area contributed by atoms with E-state index in [0.29, 0.717) is 5.82 Å². The lowest BCUT2D eigenvalue weighted by Crippen LogP contribution is -2.11. The lowest BCUT2D eigenvalue weighted by molar-refractivity contribution is 0.178. The van der Waals surface area contributed by atoms with E-state index < -0.39 is 0 Å². The number of anilines is 1. The molecule has 5 heteroatoms. The van der Waals surface area contributed by atoms with Crippen LogP contribution in [0.15, 0.2) is 0 Å². The molecule has 1 heterocycles. The second-order valence-electron chi connectivity index (χ2n) is 3.14. The molecule has 5 nitrogen and oxygen atoms in total. The van der Waals surface area contributed by atoms with E-state index in [2.05, 4.69) is 17.2 Å². The van der Waals surface area contributed by atoms with Crippen molar-refractivity contribution in [2.24, 2.45) is 0 Å². The van der Waals surface area contributed by atoms with Crippen molar-refractivity contribution in [1.29, 1.82) is 0 Å². The normalized spacial score (nSPS) is 13.2.